The maximum Gasteiger partial charge on any atom is 0.317 e. The van der Waals surface area contributed by atoms with E-state index in [2.05, 4.69) is 0 Å². The van der Waals surface area contributed by atoms with Gasteiger partial charge in [0.2, 0.25) is 0 Å². The molecule has 114 valence electrons. The van der Waals surface area contributed by atoms with Crippen molar-refractivity contribution in [3.63, 3.8) is 0 Å². The van der Waals surface area contributed by atoms with E-state index in [9.17, 15) is 9.59 Å². The second-order valence-electron chi connectivity index (χ2n) is 4.82. The van der Waals surface area contributed by atoms with Gasteiger partial charge in [-0.25, -0.2) is 0 Å². The summed E-state index contributed by atoms with van der Waals surface area (Å²) in [7, 11) is 0. The molecule has 0 aromatic heterocycles. The first kappa shape index (κ1) is 16.7. The summed E-state index contributed by atoms with van der Waals surface area (Å²) in [4.78, 5) is 25.0. The molecule has 0 amide bonds. The summed E-state index contributed by atoms with van der Waals surface area (Å²) in [6.45, 7) is 2.03. The molecule has 1 saturated carbocycles. The Bertz CT molecular complexity index is 548. The number of rotatable bonds is 4. The third-order valence-electron chi connectivity index (χ3n) is 3.35. The largest absolute Gasteiger partial charge is 0.465 e. The highest BCUT2D eigenvalue weighted by Crippen LogP contribution is 2.38. The molecular formula is C15H16Cl2O3S. The Balaban J connectivity index is 2.16. The molecule has 2 atom stereocenters. The average Bonchev–Trinajstić information content (AvgIpc) is 2.43. The van der Waals surface area contributed by atoms with Crippen LogP contribution in [0.4, 0.5) is 0 Å². The van der Waals surface area contributed by atoms with Crippen LogP contribution in [0.2, 0.25) is 10.0 Å². The molecule has 1 aromatic carbocycles. The molecule has 1 aliphatic rings. The number of ether oxygens (including phenoxy) is 1. The zero-order chi connectivity index (χ0) is 15.4. The summed E-state index contributed by atoms with van der Waals surface area (Å²) >= 11 is 13.4. The van der Waals surface area contributed by atoms with Crippen molar-refractivity contribution in [2.45, 2.75) is 36.3 Å². The summed E-state index contributed by atoms with van der Waals surface area (Å²) in [6.07, 6.45) is 2.05. The summed E-state index contributed by atoms with van der Waals surface area (Å²) in [5.41, 5.74) is 0. The molecule has 3 nitrogen and oxygen atoms in total. The molecule has 0 bridgehead atoms. The molecule has 0 spiro atoms. The topological polar surface area (TPSA) is 43.4 Å². The second-order valence-corrected chi connectivity index (χ2v) is 6.95. The van der Waals surface area contributed by atoms with Crippen molar-refractivity contribution < 1.29 is 14.3 Å². The Kier molecular flexibility index (Phi) is 5.97. The van der Waals surface area contributed by atoms with Gasteiger partial charge in [-0.3, -0.25) is 9.59 Å². The molecule has 0 saturated heterocycles. The highest BCUT2D eigenvalue weighted by molar-refractivity contribution is 8.00. The van der Waals surface area contributed by atoms with Crippen molar-refractivity contribution in [2.75, 3.05) is 6.61 Å². The number of hydrogen-bond acceptors (Lipinski definition) is 4. The molecule has 6 heteroatoms. The summed E-state index contributed by atoms with van der Waals surface area (Å²) in [5, 5.41) is 0.849. The van der Waals surface area contributed by atoms with Gasteiger partial charge in [0.15, 0.2) is 0 Å². The number of ketones is 1. The van der Waals surface area contributed by atoms with Crippen molar-refractivity contribution in [3.05, 3.63) is 28.2 Å². The lowest BCUT2D eigenvalue weighted by Crippen LogP contribution is -2.38. The molecule has 0 N–H and O–H groups in total. The van der Waals surface area contributed by atoms with E-state index in [1.165, 1.54) is 11.8 Å². The number of esters is 1. The fraction of sp³-hybridized carbons (Fsp3) is 0.467. The molecule has 0 radical (unpaired) electrons. The third-order valence-corrected chi connectivity index (χ3v) is 5.43. The molecule has 0 heterocycles. The Morgan fingerprint density at radius 3 is 2.81 bits per heavy atom. The quantitative estimate of drug-likeness (QED) is 0.599. The Labute approximate surface area is 138 Å². The smallest absolute Gasteiger partial charge is 0.317 e. The van der Waals surface area contributed by atoms with Gasteiger partial charge >= 0.3 is 5.97 Å². The van der Waals surface area contributed by atoms with E-state index in [-0.39, 0.29) is 17.6 Å². The van der Waals surface area contributed by atoms with E-state index in [0.717, 1.165) is 17.7 Å². The number of carbonyl (C=O) groups excluding carboxylic acids is 2. The first-order chi connectivity index (χ1) is 10.0. The van der Waals surface area contributed by atoms with E-state index in [0.29, 0.717) is 16.5 Å². The number of halogens is 2. The fourth-order valence-electron chi connectivity index (χ4n) is 2.37. The molecule has 2 unspecified atom stereocenters. The monoisotopic (exact) mass is 346 g/mol. The van der Waals surface area contributed by atoms with Crippen LogP contribution in [0.25, 0.3) is 0 Å². The molecule has 0 aliphatic heterocycles. The van der Waals surface area contributed by atoms with Crippen molar-refractivity contribution in [2.24, 2.45) is 5.92 Å². The Hall–Kier alpha value is -0.710. The van der Waals surface area contributed by atoms with Crippen LogP contribution in [0.5, 0.6) is 0 Å². The average molecular weight is 347 g/mol. The number of carbonyl (C=O) groups is 2. The van der Waals surface area contributed by atoms with E-state index >= 15 is 0 Å². The molecule has 1 aliphatic carbocycles. The number of hydrogen-bond donors (Lipinski definition) is 0. The fourth-order valence-corrected chi connectivity index (χ4v) is 4.10. The van der Waals surface area contributed by atoms with Crippen molar-refractivity contribution in [3.8, 4) is 0 Å². The van der Waals surface area contributed by atoms with Gasteiger partial charge in [-0.1, -0.05) is 23.2 Å². The normalized spacial score (nSPS) is 22.1. The maximum atomic E-state index is 12.1. The summed E-state index contributed by atoms with van der Waals surface area (Å²) in [6, 6.07) is 5.33. The standard InChI is InChI=1S/C15H16Cl2O3S/c1-2-20-15(19)14-12(18)4-3-5-13(14)21-9-6-7-10(16)11(17)8-9/h6-8,13-14H,2-5H2,1H3. The third kappa shape index (κ3) is 4.15. The SMILES string of the molecule is CCOC(=O)C1C(=O)CCCC1Sc1ccc(Cl)c(Cl)c1. The van der Waals surface area contributed by atoms with Gasteiger partial charge in [0, 0.05) is 16.6 Å². The number of Topliss-reactive ketones (excluding diaryl/α,β-unsaturated/α-hetero) is 1. The van der Waals surface area contributed by atoms with Gasteiger partial charge in [-0.05, 0) is 38.0 Å². The minimum atomic E-state index is -0.682. The van der Waals surface area contributed by atoms with Gasteiger partial charge in [0.25, 0.3) is 0 Å². The van der Waals surface area contributed by atoms with E-state index in [1.54, 1.807) is 19.1 Å². The van der Waals surface area contributed by atoms with Gasteiger partial charge < -0.3 is 4.74 Å². The molecule has 21 heavy (non-hydrogen) atoms. The van der Waals surface area contributed by atoms with Crippen LogP contribution in [0.3, 0.4) is 0 Å². The van der Waals surface area contributed by atoms with Crippen LogP contribution < -0.4 is 0 Å². The van der Waals surface area contributed by atoms with E-state index in [4.69, 9.17) is 27.9 Å². The van der Waals surface area contributed by atoms with Gasteiger partial charge in [0.05, 0.1) is 16.7 Å². The van der Waals surface area contributed by atoms with Crippen LogP contribution in [0.1, 0.15) is 26.2 Å². The predicted molar refractivity (Wildman–Crippen MR) is 85.1 cm³/mol. The van der Waals surface area contributed by atoms with Crippen LogP contribution in [0, 0.1) is 5.92 Å². The highest BCUT2D eigenvalue weighted by atomic mass is 35.5. The Morgan fingerprint density at radius 1 is 1.38 bits per heavy atom. The maximum absolute atomic E-state index is 12.1. The predicted octanol–water partition coefficient (Wildman–Crippen LogP) is 4.39. The molecule has 1 fully saturated rings. The van der Waals surface area contributed by atoms with E-state index < -0.39 is 11.9 Å². The number of thioether (sulfide) groups is 1. The number of benzene rings is 1. The second kappa shape index (κ2) is 7.52. The highest BCUT2D eigenvalue weighted by Gasteiger charge is 2.39. The zero-order valence-electron chi connectivity index (χ0n) is 11.6. The minimum Gasteiger partial charge on any atom is -0.465 e. The molecule has 1 aromatic rings. The lowest BCUT2D eigenvalue weighted by Gasteiger charge is -2.28. The van der Waals surface area contributed by atoms with Gasteiger partial charge in [0.1, 0.15) is 11.7 Å². The van der Waals surface area contributed by atoms with Crippen LogP contribution >= 0.6 is 35.0 Å². The van der Waals surface area contributed by atoms with Crippen LogP contribution in [-0.4, -0.2) is 23.6 Å². The van der Waals surface area contributed by atoms with Crippen LogP contribution in [-0.2, 0) is 14.3 Å². The molecule has 2 rings (SSSR count). The van der Waals surface area contributed by atoms with Crippen molar-refractivity contribution >= 4 is 46.7 Å². The zero-order valence-corrected chi connectivity index (χ0v) is 13.9. The summed E-state index contributed by atoms with van der Waals surface area (Å²) in [5.74, 6) is -1.13. The van der Waals surface area contributed by atoms with Crippen LogP contribution in [0.15, 0.2) is 23.1 Å². The van der Waals surface area contributed by atoms with Gasteiger partial charge in [-0.2, -0.15) is 0 Å². The lowest BCUT2D eigenvalue weighted by molar-refractivity contribution is -0.152. The molecular weight excluding hydrogens is 331 g/mol. The van der Waals surface area contributed by atoms with Crippen molar-refractivity contribution in [1.29, 1.82) is 0 Å². The summed E-state index contributed by atoms with van der Waals surface area (Å²) < 4.78 is 5.04. The lowest BCUT2D eigenvalue weighted by atomic mass is 9.87. The Morgan fingerprint density at radius 2 is 2.14 bits per heavy atom. The first-order valence-corrected chi connectivity index (χ1v) is 8.47. The first-order valence-electron chi connectivity index (χ1n) is 6.84. The minimum absolute atomic E-state index is 0.0303. The van der Waals surface area contributed by atoms with E-state index in [1.807, 2.05) is 6.07 Å². The van der Waals surface area contributed by atoms with Crippen molar-refractivity contribution in [1.82, 2.24) is 0 Å². The van der Waals surface area contributed by atoms with Gasteiger partial charge in [-0.15, -0.1) is 11.8 Å².